The molecule has 4 heteroatoms. The van der Waals surface area contributed by atoms with Crippen LogP contribution in [0.1, 0.15) is 57.1 Å². The Morgan fingerprint density at radius 3 is 2.35 bits per heavy atom. The summed E-state index contributed by atoms with van der Waals surface area (Å²) >= 11 is 0. The Balaban J connectivity index is 2.03. The summed E-state index contributed by atoms with van der Waals surface area (Å²) in [5, 5.41) is 5.96. The van der Waals surface area contributed by atoms with Gasteiger partial charge in [0.1, 0.15) is 5.41 Å². The minimum Gasteiger partial charge on any atom is -0.352 e. The van der Waals surface area contributed by atoms with E-state index in [4.69, 9.17) is 0 Å². The predicted octanol–water partition coefficient (Wildman–Crippen LogP) is 3.72. The molecule has 1 fully saturated rings. The molecule has 0 atom stereocenters. The minimum atomic E-state index is -1.09. The van der Waals surface area contributed by atoms with Crippen molar-refractivity contribution in [3.05, 3.63) is 29.3 Å². The lowest BCUT2D eigenvalue weighted by atomic mass is 9.88. The van der Waals surface area contributed by atoms with E-state index in [2.05, 4.69) is 10.6 Å². The predicted molar refractivity (Wildman–Crippen MR) is 93.3 cm³/mol. The van der Waals surface area contributed by atoms with E-state index in [1.807, 2.05) is 32.0 Å². The molecular weight excluding hydrogens is 288 g/mol. The quantitative estimate of drug-likeness (QED) is 0.832. The summed E-state index contributed by atoms with van der Waals surface area (Å²) in [4.78, 5) is 25.2. The Morgan fingerprint density at radius 1 is 1.04 bits per heavy atom. The van der Waals surface area contributed by atoms with Gasteiger partial charge in [-0.2, -0.15) is 0 Å². The summed E-state index contributed by atoms with van der Waals surface area (Å²) in [6, 6.07) is 6.00. The van der Waals surface area contributed by atoms with Crippen LogP contribution >= 0.6 is 0 Å². The van der Waals surface area contributed by atoms with Crippen LogP contribution in [0.5, 0.6) is 0 Å². The van der Waals surface area contributed by atoms with Gasteiger partial charge in [-0.3, -0.25) is 9.59 Å². The minimum absolute atomic E-state index is 0.188. The van der Waals surface area contributed by atoms with Gasteiger partial charge in [-0.1, -0.05) is 31.4 Å². The summed E-state index contributed by atoms with van der Waals surface area (Å²) in [6.07, 6.45) is 5.57. The summed E-state index contributed by atoms with van der Waals surface area (Å²) in [5.41, 5.74) is 1.83. The van der Waals surface area contributed by atoms with Gasteiger partial charge in [0.25, 0.3) is 0 Å². The average molecular weight is 316 g/mol. The molecule has 126 valence electrons. The molecule has 4 nitrogen and oxygen atoms in total. The number of hydrogen-bond donors (Lipinski definition) is 2. The molecule has 1 aromatic carbocycles. The summed E-state index contributed by atoms with van der Waals surface area (Å²) < 4.78 is 0. The first kappa shape index (κ1) is 17.5. The van der Waals surface area contributed by atoms with Crippen molar-refractivity contribution in [3.63, 3.8) is 0 Å². The van der Waals surface area contributed by atoms with Crippen molar-refractivity contribution in [2.45, 2.75) is 65.8 Å². The van der Waals surface area contributed by atoms with E-state index < -0.39 is 5.41 Å². The second-order valence-electron chi connectivity index (χ2n) is 7.13. The number of nitrogens with one attached hydrogen (secondary N) is 2. The van der Waals surface area contributed by atoms with Gasteiger partial charge in [0, 0.05) is 11.7 Å². The highest BCUT2D eigenvalue weighted by Gasteiger charge is 2.37. The fourth-order valence-electron chi connectivity index (χ4n) is 2.88. The van der Waals surface area contributed by atoms with Crippen molar-refractivity contribution in [1.82, 2.24) is 5.32 Å². The van der Waals surface area contributed by atoms with Crippen LogP contribution in [0.2, 0.25) is 0 Å². The zero-order valence-corrected chi connectivity index (χ0v) is 14.7. The summed E-state index contributed by atoms with van der Waals surface area (Å²) in [7, 11) is 0. The third kappa shape index (κ3) is 4.12. The zero-order chi connectivity index (χ0) is 17.0. The standard InChI is InChI=1S/C19H28N2O2/c1-13-9-8-12-16(14(13)2)21-18(23)19(3,4)17(22)20-15-10-6-5-7-11-15/h8-9,12,15H,5-7,10-11H2,1-4H3,(H,20,22)(H,21,23). The number of aryl methyl sites for hydroxylation is 1. The van der Waals surface area contributed by atoms with Crippen molar-refractivity contribution in [1.29, 1.82) is 0 Å². The van der Waals surface area contributed by atoms with Crippen molar-refractivity contribution in [3.8, 4) is 0 Å². The second kappa shape index (κ2) is 7.16. The first-order valence-electron chi connectivity index (χ1n) is 8.51. The van der Waals surface area contributed by atoms with Gasteiger partial charge in [-0.25, -0.2) is 0 Å². The Labute approximate surface area is 139 Å². The van der Waals surface area contributed by atoms with E-state index in [1.54, 1.807) is 13.8 Å². The van der Waals surface area contributed by atoms with E-state index in [0.717, 1.165) is 42.5 Å². The van der Waals surface area contributed by atoms with Crippen LogP contribution < -0.4 is 10.6 Å². The highest BCUT2D eigenvalue weighted by molar-refractivity contribution is 6.10. The molecule has 0 unspecified atom stereocenters. The molecule has 0 aliphatic heterocycles. The van der Waals surface area contributed by atoms with Gasteiger partial charge in [0.15, 0.2) is 0 Å². The number of rotatable bonds is 4. The molecule has 0 aromatic heterocycles. The Bertz CT molecular complexity index is 587. The van der Waals surface area contributed by atoms with Crippen LogP contribution in [0, 0.1) is 19.3 Å². The molecule has 0 saturated heterocycles. The van der Waals surface area contributed by atoms with Crippen LogP contribution in [0.15, 0.2) is 18.2 Å². The smallest absolute Gasteiger partial charge is 0.239 e. The Morgan fingerprint density at radius 2 is 1.70 bits per heavy atom. The first-order chi connectivity index (χ1) is 10.8. The van der Waals surface area contributed by atoms with Crippen LogP contribution in [-0.4, -0.2) is 17.9 Å². The molecule has 2 rings (SSSR count). The maximum absolute atomic E-state index is 12.6. The van der Waals surface area contributed by atoms with Gasteiger partial charge in [0.05, 0.1) is 0 Å². The molecule has 2 amide bonds. The van der Waals surface area contributed by atoms with E-state index in [1.165, 1.54) is 6.42 Å². The number of carbonyl (C=O) groups is 2. The number of amides is 2. The van der Waals surface area contributed by atoms with Crippen LogP contribution in [0.3, 0.4) is 0 Å². The average Bonchev–Trinajstić information content (AvgIpc) is 2.52. The number of carbonyl (C=O) groups excluding carboxylic acids is 2. The van der Waals surface area contributed by atoms with Gasteiger partial charge < -0.3 is 10.6 Å². The lowest BCUT2D eigenvalue weighted by Gasteiger charge is -2.28. The van der Waals surface area contributed by atoms with Crippen LogP contribution in [0.4, 0.5) is 5.69 Å². The number of benzene rings is 1. The van der Waals surface area contributed by atoms with E-state index in [9.17, 15) is 9.59 Å². The molecule has 1 aliphatic carbocycles. The van der Waals surface area contributed by atoms with E-state index in [-0.39, 0.29) is 17.9 Å². The molecule has 0 spiro atoms. The second-order valence-corrected chi connectivity index (χ2v) is 7.13. The van der Waals surface area contributed by atoms with E-state index >= 15 is 0 Å². The molecule has 1 aliphatic rings. The molecule has 0 heterocycles. The lowest BCUT2D eigenvalue weighted by Crippen LogP contribution is -2.49. The Kier molecular flexibility index (Phi) is 5.45. The maximum Gasteiger partial charge on any atom is 0.239 e. The van der Waals surface area contributed by atoms with Gasteiger partial charge in [-0.05, 0) is 57.7 Å². The fourth-order valence-corrected chi connectivity index (χ4v) is 2.88. The summed E-state index contributed by atoms with van der Waals surface area (Å²) in [5.74, 6) is -0.452. The third-order valence-corrected chi connectivity index (χ3v) is 4.93. The summed E-state index contributed by atoms with van der Waals surface area (Å²) in [6.45, 7) is 7.35. The molecular formula is C19H28N2O2. The molecule has 2 N–H and O–H groups in total. The monoisotopic (exact) mass is 316 g/mol. The number of hydrogen-bond acceptors (Lipinski definition) is 2. The van der Waals surface area contributed by atoms with Crippen LogP contribution in [0.25, 0.3) is 0 Å². The van der Waals surface area contributed by atoms with Gasteiger partial charge in [-0.15, -0.1) is 0 Å². The highest BCUT2D eigenvalue weighted by atomic mass is 16.2. The maximum atomic E-state index is 12.6. The molecule has 23 heavy (non-hydrogen) atoms. The zero-order valence-electron chi connectivity index (χ0n) is 14.7. The topological polar surface area (TPSA) is 58.2 Å². The normalized spacial score (nSPS) is 16.0. The van der Waals surface area contributed by atoms with Crippen molar-refractivity contribution in [2.75, 3.05) is 5.32 Å². The largest absolute Gasteiger partial charge is 0.352 e. The Hall–Kier alpha value is -1.84. The lowest BCUT2D eigenvalue weighted by molar-refractivity contribution is -0.139. The van der Waals surface area contributed by atoms with Gasteiger partial charge >= 0.3 is 0 Å². The molecule has 0 bridgehead atoms. The van der Waals surface area contributed by atoms with Crippen molar-refractivity contribution in [2.24, 2.45) is 5.41 Å². The number of anilines is 1. The van der Waals surface area contributed by atoms with Crippen molar-refractivity contribution >= 4 is 17.5 Å². The highest BCUT2D eigenvalue weighted by Crippen LogP contribution is 2.24. The van der Waals surface area contributed by atoms with Gasteiger partial charge in [0.2, 0.25) is 11.8 Å². The molecule has 0 radical (unpaired) electrons. The fraction of sp³-hybridized carbons (Fsp3) is 0.579. The molecule has 1 aromatic rings. The molecule has 1 saturated carbocycles. The SMILES string of the molecule is Cc1cccc(NC(=O)C(C)(C)C(=O)NC2CCCCC2)c1C. The van der Waals surface area contributed by atoms with Crippen LogP contribution in [-0.2, 0) is 9.59 Å². The third-order valence-electron chi connectivity index (χ3n) is 4.93. The van der Waals surface area contributed by atoms with E-state index in [0.29, 0.717) is 0 Å². The first-order valence-corrected chi connectivity index (χ1v) is 8.51. The van der Waals surface area contributed by atoms with Crippen molar-refractivity contribution < 1.29 is 9.59 Å².